The van der Waals surface area contributed by atoms with Crippen molar-refractivity contribution in [2.24, 2.45) is 0 Å². The lowest BCUT2D eigenvalue weighted by Crippen LogP contribution is -2.55. The van der Waals surface area contributed by atoms with Gasteiger partial charge in [0.2, 0.25) is 0 Å². The molecule has 1 N–H and O–H groups in total. The largest absolute Gasteiger partial charge is 0.479 e. The van der Waals surface area contributed by atoms with Crippen LogP contribution in [0.3, 0.4) is 0 Å². The van der Waals surface area contributed by atoms with E-state index in [1.54, 1.807) is 20.8 Å². The van der Waals surface area contributed by atoms with E-state index in [1.165, 1.54) is 4.90 Å². The first-order chi connectivity index (χ1) is 12.2. The number of ether oxygens (including phenoxy) is 1. The number of carbonyl (C=O) groups excluding carboxylic acids is 1. The highest BCUT2D eigenvalue weighted by Gasteiger charge is 2.51. The Morgan fingerprint density at radius 3 is 2.50 bits per heavy atom. The molecule has 0 radical (unpaired) electrons. The summed E-state index contributed by atoms with van der Waals surface area (Å²) in [5.74, 6) is -0.978. The minimum atomic E-state index is -1.26. The van der Waals surface area contributed by atoms with E-state index in [2.05, 4.69) is 0 Å². The quantitative estimate of drug-likeness (QED) is 0.894. The summed E-state index contributed by atoms with van der Waals surface area (Å²) in [6, 6.07) is 13.9. The van der Waals surface area contributed by atoms with Gasteiger partial charge >= 0.3 is 12.1 Å². The van der Waals surface area contributed by atoms with E-state index >= 15 is 0 Å². The third-order valence-electron chi connectivity index (χ3n) is 4.81. The third-order valence-corrected chi connectivity index (χ3v) is 4.81. The van der Waals surface area contributed by atoms with Gasteiger partial charge in [-0.15, -0.1) is 0 Å². The van der Waals surface area contributed by atoms with E-state index < -0.39 is 23.2 Å². The van der Waals surface area contributed by atoms with Crippen LogP contribution in [0.2, 0.25) is 0 Å². The Morgan fingerprint density at radius 1 is 1.15 bits per heavy atom. The molecular formula is C21H25NO4. The molecule has 138 valence electrons. The maximum absolute atomic E-state index is 12.6. The fourth-order valence-corrected chi connectivity index (χ4v) is 3.63. The van der Waals surface area contributed by atoms with Gasteiger partial charge in [0.1, 0.15) is 11.1 Å². The van der Waals surface area contributed by atoms with Crippen LogP contribution in [0, 0.1) is 0 Å². The van der Waals surface area contributed by atoms with Crippen molar-refractivity contribution in [2.45, 2.75) is 51.2 Å². The summed E-state index contributed by atoms with van der Waals surface area (Å²) in [4.78, 5) is 26.2. The molecule has 1 atom stereocenters. The van der Waals surface area contributed by atoms with Crippen molar-refractivity contribution >= 4 is 22.8 Å². The molecule has 1 aliphatic heterocycles. The normalized spacial score (nSPS) is 20.3. The molecule has 0 unspecified atom stereocenters. The van der Waals surface area contributed by atoms with Crippen LogP contribution in [0.25, 0.3) is 10.8 Å². The van der Waals surface area contributed by atoms with Crippen molar-refractivity contribution in [1.29, 1.82) is 0 Å². The molecule has 3 rings (SSSR count). The second kappa shape index (κ2) is 6.63. The van der Waals surface area contributed by atoms with Gasteiger partial charge in [0.25, 0.3) is 0 Å². The van der Waals surface area contributed by atoms with Gasteiger partial charge in [0, 0.05) is 13.0 Å². The summed E-state index contributed by atoms with van der Waals surface area (Å²) in [7, 11) is 0. The molecule has 1 fully saturated rings. The number of amides is 1. The number of hydrogen-bond acceptors (Lipinski definition) is 3. The number of nitrogens with zero attached hydrogens (tertiary/aromatic N) is 1. The molecule has 0 bridgehead atoms. The van der Waals surface area contributed by atoms with Gasteiger partial charge in [-0.3, -0.25) is 4.90 Å². The number of hydrogen-bond donors (Lipinski definition) is 1. The molecule has 0 aliphatic carbocycles. The lowest BCUT2D eigenvalue weighted by atomic mass is 9.87. The number of carboxylic acid groups (broad SMARTS) is 1. The minimum absolute atomic E-state index is 0.270. The summed E-state index contributed by atoms with van der Waals surface area (Å²) >= 11 is 0. The molecule has 1 heterocycles. The number of aliphatic carboxylic acids is 1. The molecule has 26 heavy (non-hydrogen) atoms. The number of carbonyl (C=O) groups is 2. The summed E-state index contributed by atoms with van der Waals surface area (Å²) in [6.07, 6.45) is 0.790. The van der Waals surface area contributed by atoms with Crippen molar-refractivity contribution in [2.75, 3.05) is 6.54 Å². The van der Waals surface area contributed by atoms with E-state index in [0.29, 0.717) is 19.4 Å². The van der Waals surface area contributed by atoms with Crippen LogP contribution in [-0.4, -0.2) is 39.8 Å². The second-order valence-electron chi connectivity index (χ2n) is 7.93. The molecule has 5 nitrogen and oxygen atoms in total. The maximum Gasteiger partial charge on any atom is 0.411 e. The van der Waals surface area contributed by atoms with Gasteiger partial charge in [0.05, 0.1) is 0 Å². The molecule has 1 aliphatic rings. The van der Waals surface area contributed by atoms with E-state index in [9.17, 15) is 14.7 Å². The zero-order valence-electron chi connectivity index (χ0n) is 15.5. The van der Waals surface area contributed by atoms with Crippen LogP contribution < -0.4 is 0 Å². The highest BCUT2D eigenvalue weighted by Crippen LogP contribution is 2.35. The second-order valence-corrected chi connectivity index (χ2v) is 7.93. The van der Waals surface area contributed by atoms with Crippen LogP contribution in [0.4, 0.5) is 4.79 Å². The first kappa shape index (κ1) is 18.2. The van der Waals surface area contributed by atoms with Gasteiger partial charge in [-0.25, -0.2) is 9.59 Å². The number of benzene rings is 2. The van der Waals surface area contributed by atoms with Gasteiger partial charge in [-0.2, -0.15) is 0 Å². The Morgan fingerprint density at radius 2 is 1.85 bits per heavy atom. The molecule has 2 aromatic rings. The van der Waals surface area contributed by atoms with Gasteiger partial charge < -0.3 is 9.84 Å². The molecule has 0 saturated carbocycles. The Hall–Kier alpha value is -2.56. The predicted octanol–water partition coefficient (Wildman–Crippen LogP) is 4.24. The Kier molecular flexibility index (Phi) is 4.65. The zero-order valence-corrected chi connectivity index (χ0v) is 15.5. The lowest BCUT2D eigenvalue weighted by molar-refractivity contribution is -0.149. The third kappa shape index (κ3) is 3.52. The van der Waals surface area contributed by atoms with Crippen molar-refractivity contribution in [1.82, 2.24) is 4.90 Å². The van der Waals surface area contributed by atoms with Crippen molar-refractivity contribution in [3.8, 4) is 0 Å². The molecule has 5 heteroatoms. The topological polar surface area (TPSA) is 66.8 Å². The van der Waals surface area contributed by atoms with E-state index in [-0.39, 0.29) is 6.42 Å². The van der Waals surface area contributed by atoms with E-state index in [4.69, 9.17) is 4.74 Å². The highest BCUT2D eigenvalue weighted by atomic mass is 16.6. The van der Waals surface area contributed by atoms with Crippen LogP contribution in [-0.2, 0) is 16.0 Å². The first-order valence-electron chi connectivity index (χ1n) is 8.93. The first-order valence-corrected chi connectivity index (χ1v) is 8.93. The average Bonchev–Trinajstić information content (AvgIpc) is 2.98. The van der Waals surface area contributed by atoms with Crippen molar-refractivity contribution in [3.63, 3.8) is 0 Å². The number of carboxylic acids is 1. The molecule has 0 spiro atoms. The molecule has 1 saturated heterocycles. The number of fused-ring (bicyclic) bond motifs is 1. The molecule has 0 aromatic heterocycles. The summed E-state index contributed by atoms with van der Waals surface area (Å²) in [6.45, 7) is 5.75. The molecule has 1 amide bonds. The van der Waals surface area contributed by atoms with Crippen LogP contribution in [0.5, 0.6) is 0 Å². The Balaban J connectivity index is 1.93. The van der Waals surface area contributed by atoms with Crippen LogP contribution in [0.15, 0.2) is 42.5 Å². The number of likely N-dealkylation sites (tertiary alicyclic amines) is 1. The summed E-state index contributed by atoms with van der Waals surface area (Å²) in [5, 5.41) is 12.2. The maximum atomic E-state index is 12.6. The van der Waals surface area contributed by atoms with E-state index in [1.807, 2.05) is 42.5 Å². The number of rotatable bonds is 3. The van der Waals surface area contributed by atoms with Crippen LogP contribution >= 0.6 is 0 Å². The fraction of sp³-hybridized carbons (Fsp3) is 0.429. The SMILES string of the molecule is CC(C)(C)OC(=O)N1CCC[C@]1(Cc1ccc2ccccc2c1)C(=O)O. The Bertz CT molecular complexity index is 839. The highest BCUT2D eigenvalue weighted by molar-refractivity contribution is 5.87. The molecular weight excluding hydrogens is 330 g/mol. The van der Waals surface area contributed by atoms with Crippen molar-refractivity contribution in [3.05, 3.63) is 48.0 Å². The monoisotopic (exact) mass is 355 g/mol. The molecule has 2 aromatic carbocycles. The lowest BCUT2D eigenvalue weighted by Gasteiger charge is -2.36. The fourth-order valence-electron chi connectivity index (χ4n) is 3.63. The smallest absolute Gasteiger partial charge is 0.411 e. The van der Waals surface area contributed by atoms with Gasteiger partial charge in [0.15, 0.2) is 0 Å². The van der Waals surface area contributed by atoms with E-state index in [0.717, 1.165) is 16.3 Å². The standard InChI is InChI=1S/C21H25NO4/c1-20(2,3)26-19(25)22-12-6-11-21(22,18(23)24)14-15-9-10-16-7-4-5-8-17(16)13-15/h4-5,7-10,13H,6,11-12,14H2,1-3H3,(H,23,24)/t21-/m0/s1. The predicted molar refractivity (Wildman–Crippen MR) is 100 cm³/mol. The van der Waals surface area contributed by atoms with Gasteiger partial charge in [-0.1, -0.05) is 42.5 Å². The average molecular weight is 355 g/mol. The van der Waals surface area contributed by atoms with Gasteiger partial charge in [-0.05, 0) is 49.9 Å². The zero-order chi connectivity index (χ0) is 18.9. The summed E-state index contributed by atoms with van der Waals surface area (Å²) in [5.41, 5.74) is -1.01. The van der Waals surface area contributed by atoms with Crippen LogP contribution in [0.1, 0.15) is 39.2 Å². The summed E-state index contributed by atoms with van der Waals surface area (Å²) < 4.78 is 5.46. The van der Waals surface area contributed by atoms with Crippen molar-refractivity contribution < 1.29 is 19.4 Å². The Labute approximate surface area is 153 Å². The minimum Gasteiger partial charge on any atom is -0.479 e.